The number of rotatable bonds is 7. The van der Waals surface area contributed by atoms with Crippen molar-refractivity contribution in [3.8, 4) is 0 Å². The number of nitrogens with one attached hydrogen (secondary N) is 1. The molecule has 1 aliphatic heterocycles. The molecule has 146 valence electrons. The molecule has 1 aliphatic rings. The molecular formula is C20H26N2O3S2. The number of hydrogen-bond acceptors (Lipinski definition) is 5. The highest BCUT2D eigenvalue weighted by atomic mass is 32.2. The summed E-state index contributed by atoms with van der Waals surface area (Å²) in [6, 6.07) is 12.3. The lowest BCUT2D eigenvalue weighted by Crippen LogP contribution is -2.43. The number of thiophene rings is 1. The van der Waals surface area contributed by atoms with E-state index in [0.29, 0.717) is 6.42 Å². The van der Waals surface area contributed by atoms with Crippen LogP contribution < -0.4 is 5.32 Å². The van der Waals surface area contributed by atoms with Gasteiger partial charge in [0.1, 0.15) is 0 Å². The van der Waals surface area contributed by atoms with E-state index in [1.807, 2.05) is 11.4 Å². The Kier molecular flexibility index (Phi) is 6.34. The number of aryl methyl sites for hydroxylation is 1. The van der Waals surface area contributed by atoms with Crippen molar-refractivity contribution in [2.45, 2.75) is 31.8 Å². The molecular weight excluding hydrogens is 380 g/mol. The highest BCUT2D eigenvalue weighted by Crippen LogP contribution is 2.26. The Morgan fingerprint density at radius 1 is 1.30 bits per heavy atom. The van der Waals surface area contributed by atoms with Crippen molar-refractivity contribution < 1.29 is 13.2 Å². The van der Waals surface area contributed by atoms with Gasteiger partial charge < -0.3 is 4.90 Å². The van der Waals surface area contributed by atoms with Gasteiger partial charge in [-0.1, -0.05) is 37.3 Å². The molecule has 2 aromatic rings. The van der Waals surface area contributed by atoms with Crippen LogP contribution in [0.4, 0.5) is 0 Å². The normalized spacial score (nSPS) is 19.7. The van der Waals surface area contributed by atoms with E-state index in [1.165, 1.54) is 5.56 Å². The number of nitrogens with zero attached hydrogens (tertiary/aromatic N) is 1. The predicted molar refractivity (Wildman–Crippen MR) is 110 cm³/mol. The second kappa shape index (κ2) is 8.54. The molecule has 2 atom stereocenters. The van der Waals surface area contributed by atoms with Crippen molar-refractivity contribution in [2.24, 2.45) is 0 Å². The fourth-order valence-electron chi connectivity index (χ4n) is 3.38. The first-order chi connectivity index (χ1) is 12.9. The lowest BCUT2D eigenvalue weighted by molar-refractivity contribution is -0.130. The van der Waals surface area contributed by atoms with Gasteiger partial charge in [0.25, 0.3) is 0 Å². The van der Waals surface area contributed by atoms with Crippen LogP contribution in [-0.4, -0.2) is 50.4 Å². The zero-order valence-corrected chi connectivity index (χ0v) is 17.4. The molecule has 7 heteroatoms. The van der Waals surface area contributed by atoms with Crippen LogP contribution in [-0.2, 0) is 21.1 Å². The summed E-state index contributed by atoms with van der Waals surface area (Å²) in [7, 11) is -1.30. The van der Waals surface area contributed by atoms with Crippen molar-refractivity contribution >= 4 is 27.1 Å². The van der Waals surface area contributed by atoms with Crippen LogP contribution in [0, 0.1) is 0 Å². The number of likely N-dealkylation sites (N-methyl/N-ethyl adjacent to an activating group) is 1. The van der Waals surface area contributed by atoms with E-state index < -0.39 is 9.84 Å². The van der Waals surface area contributed by atoms with Gasteiger partial charge in [0.15, 0.2) is 9.84 Å². The zero-order chi connectivity index (χ0) is 19.4. The molecule has 0 aliphatic carbocycles. The summed E-state index contributed by atoms with van der Waals surface area (Å²) >= 11 is 1.65. The Hall–Kier alpha value is -1.70. The van der Waals surface area contributed by atoms with E-state index in [4.69, 9.17) is 0 Å². The molecule has 0 bridgehead atoms. The van der Waals surface area contributed by atoms with Gasteiger partial charge in [-0.3, -0.25) is 10.1 Å². The minimum absolute atomic E-state index is 0.0550. The number of carbonyl (C=O) groups excluding carboxylic acids is 1. The van der Waals surface area contributed by atoms with Crippen molar-refractivity contribution in [3.05, 3.63) is 57.8 Å². The first-order valence-electron chi connectivity index (χ1n) is 9.21. The molecule has 0 spiro atoms. The summed E-state index contributed by atoms with van der Waals surface area (Å²) < 4.78 is 23.3. The maximum Gasteiger partial charge on any atom is 0.236 e. The minimum Gasteiger partial charge on any atom is -0.341 e. The Balaban J connectivity index is 1.68. The van der Waals surface area contributed by atoms with Crippen molar-refractivity contribution in [2.75, 3.05) is 25.1 Å². The predicted octanol–water partition coefficient (Wildman–Crippen LogP) is 2.64. The van der Waals surface area contributed by atoms with E-state index >= 15 is 0 Å². The summed E-state index contributed by atoms with van der Waals surface area (Å²) in [5.41, 5.74) is 2.40. The van der Waals surface area contributed by atoms with Crippen LogP contribution in [0.5, 0.6) is 0 Å². The third kappa shape index (κ3) is 4.97. The molecule has 5 nitrogen and oxygen atoms in total. The Morgan fingerprint density at radius 3 is 2.59 bits per heavy atom. The molecule has 0 saturated carbocycles. The van der Waals surface area contributed by atoms with Gasteiger partial charge in [-0.2, -0.15) is 0 Å². The maximum atomic E-state index is 12.6. The topological polar surface area (TPSA) is 66.5 Å². The van der Waals surface area contributed by atoms with E-state index in [0.717, 1.165) is 16.9 Å². The van der Waals surface area contributed by atoms with Crippen molar-refractivity contribution in [1.82, 2.24) is 10.2 Å². The lowest BCUT2D eigenvalue weighted by Gasteiger charge is -2.25. The van der Waals surface area contributed by atoms with Crippen LogP contribution in [0.15, 0.2) is 41.8 Å². The van der Waals surface area contributed by atoms with Crippen LogP contribution in [0.1, 0.15) is 35.4 Å². The number of hydrogen-bond donors (Lipinski definition) is 1. The number of sulfone groups is 1. The van der Waals surface area contributed by atoms with Gasteiger partial charge in [-0.05, 0) is 35.4 Å². The smallest absolute Gasteiger partial charge is 0.236 e. The van der Waals surface area contributed by atoms with Crippen molar-refractivity contribution in [3.63, 3.8) is 0 Å². The molecule has 27 heavy (non-hydrogen) atoms. The average molecular weight is 407 g/mol. The fourth-order valence-corrected chi connectivity index (χ4v) is 5.98. The SMILES string of the molecule is CCc1ccc([C@H](NCC(=O)N(C)[C@@H]2CCS(=O)(=O)C2)c2cccs2)cc1. The molecule has 2 heterocycles. The molecule has 1 fully saturated rings. The van der Waals surface area contributed by atoms with Crippen LogP contribution >= 0.6 is 11.3 Å². The summed E-state index contributed by atoms with van der Waals surface area (Å²) in [4.78, 5) is 15.4. The van der Waals surface area contributed by atoms with Gasteiger partial charge in [-0.25, -0.2) is 8.42 Å². The minimum atomic E-state index is -3.00. The van der Waals surface area contributed by atoms with Gasteiger partial charge in [0.05, 0.1) is 24.1 Å². The number of carbonyl (C=O) groups is 1. The summed E-state index contributed by atoms with van der Waals surface area (Å²) in [5.74, 6) is 0.163. The summed E-state index contributed by atoms with van der Waals surface area (Å²) in [6.45, 7) is 2.30. The molecule has 1 aromatic heterocycles. The van der Waals surface area contributed by atoms with Crippen LogP contribution in [0.25, 0.3) is 0 Å². The molecule has 0 radical (unpaired) electrons. The third-order valence-corrected chi connectivity index (χ3v) is 7.84. The van der Waals surface area contributed by atoms with E-state index in [1.54, 1.807) is 23.3 Å². The van der Waals surface area contributed by atoms with E-state index in [9.17, 15) is 13.2 Å². The molecule has 1 saturated heterocycles. The van der Waals surface area contributed by atoms with E-state index in [-0.39, 0.29) is 36.0 Å². The molecule has 1 amide bonds. The first kappa shape index (κ1) is 20.0. The highest BCUT2D eigenvalue weighted by molar-refractivity contribution is 7.91. The molecule has 1 N–H and O–H groups in total. The monoisotopic (exact) mass is 406 g/mol. The quantitative estimate of drug-likeness (QED) is 0.768. The van der Waals surface area contributed by atoms with Gasteiger partial charge >= 0.3 is 0 Å². The third-order valence-electron chi connectivity index (χ3n) is 5.16. The standard InChI is InChI=1S/C20H26N2O3S2/c1-3-15-6-8-16(9-7-15)20(18-5-4-11-26-18)21-13-19(23)22(2)17-10-12-27(24,25)14-17/h4-9,11,17,20-21H,3,10,12-14H2,1-2H3/t17-,20+/m1/s1. The molecule has 0 unspecified atom stereocenters. The first-order valence-corrected chi connectivity index (χ1v) is 11.9. The van der Waals surface area contributed by atoms with Crippen LogP contribution in [0.3, 0.4) is 0 Å². The average Bonchev–Trinajstić information content (AvgIpc) is 3.31. The maximum absolute atomic E-state index is 12.6. The largest absolute Gasteiger partial charge is 0.341 e. The second-order valence-corrected chi connectivity index (χ2v) is 10.2. The van der Waals surface area contributed by atoms with E-state index in [2.05, 4.69) is 42.6 Å². The summed E-state index contributed by atoms with van der Waals surface area (Å²) in [6.07, 6.45) is 1.52. The number of amides is 1. The summed E-state index contributed by atoms with van der Waals surface area (Å²) in [5, 5.41) is 5.40. The van der Waals surface area contributed by atoms with Gasteiger partial charge in [-0.15, -0.1) is 11.3 Å². The second-order valence-electron chi connectivity index (χ2n) is 6.99. The number of benzene rings is 1. The van der Waals surface area contributed by atoms with Crippen molar-refractivity contribution in [1.29, 1.82) is 0 Å². The lowest BCUT2D eigenvalue weighted by atomic mass is 10.0. The molecule has 1 aromatic carbocycles. The zero-order valence-electron chi connectivity index (χ0n) is 15.7. The Bertz CT molecular complexity index is 861. The van der Waals surface area contributed by atoms with Gasteiger partial charge in [0.2, 0.25) is 5.91 Å². The Labute approximate surface area is 165 Å². The van der Waals surface area contributed by atoms with Gasteiger partial charge in [0, 0.05) is 18.0 Å². The molecule has 3 rings (SSSR count). The highest BCUT2D eigenvalue weighted by Gasteiger charge is 2.32. The Morgan fingerprint density at radius 2 is 2.04 bits per heavy atom. The fraction of sp³-hybridized carbons (Fsp3) is 0.450. The van der Waals surface area contributed by atoms with Crippen LogP contribution in [0.2, 0.25) is 0 Å².